The van der Waals surface area contributed by atoms with Crippen molar-refractivity contribution in [3.05, 3.63) is 35.6 Å². The molecule has 0 spiro atoms. The second kappa shape index (κ2) is 7.70. The summed E-state index contributed by atoms with van der Waals surface area (Å²) in [5.74, 6) is -0.262. The zero-order valence-corrected chi connectivity index (χ0v) is 14.7. The molecule has 0 aromatic heterocycles. The maximum Gasteiger partial charge on any atom is 0.281 e. The van der Waals surface area contributed by atoms with Gasteiger partial charge in [0, 0.05) is 26.2 Å². The molecule has 5 nitrogen and oxygen atoms in total. The number of ether oxygens (including phenoxy) is 1. The van der Waals surface area contributed by atoms with E-state index in [0.29, 0.717) is 32.5 Å². The van der Waals surface area contributed by atoms with Gasteiger partial charge in [0.15, 0.2) is 0 Å². The van der Waals surface area contributed by atoms with Crippen LogP contribution >= 0.6 is 0 Å². The fourth-order valence-electron chi connectivity index (χ4n) is 2.47. The van der Waals surface area contributed by atoms with Gasteiger partial charge in [-0.2, -0.15) is 17.0 Å². The van der Waals surface area contributed by atoms with Crippen LogP contribution in [0.25, 0.3) is 0 Å². The molecule has 7 heteroatoms. The highest BCUT2D eigenvalue weighted by molar-refractivity contribution is 7.86. The molecule has 1 aromatic rings. The van der Waals surface area contributed by atoms with Gasteiger partial charge >= 0.3 is 0 Å². The summed E-state index contributed by atoms with van der Waals surface area (Å²) in [7, 11) is -1.78. The van der Waals surface area contributed by atoms with E-state index in [1.54, 1.807) is 19.2 Å². The van der Waals surface area contributed by atoms with E-state index in [1.807, 2.05) is 13.8 Å². The lowest BCUT2D eigenvalue weighted by atomic mass is 10.1. The van der Waals surface area contributed by atoms with Gasteiger partial charge in [0.1, 0.15) is 5.82 Å². The fraction of sp³-hybridized carbons (Fsp3) is 0.625. The average molecular weight is 344 g/mol. The van der Waals surface area contributed by atoms with Crippen LogP contribution in [0.15, 0.2) is 24.3 Å². The third-order valence-electron chi connectivity index (χ3n) is 4.22. The molecular formula is C16H25FN2O3S. The van der Waals surface area contributed by atoms with Crippen LogP contribution in [0.4, 0.5) is 4.39 Å². The second-order valence-corrected chi connectivity index (χ2v) is 8.14. The van der Waals surface area contributed by atoms with Gasteiger partial charge < -0.3 is 4.74 Å². The molecule has 0 N–H and O–H groups in total. The number of nitrogens with zero attached hydrogens (tertiary/aromatic N) is 2. The Hall–Kier alpha value is -1.02. The van der Waals surface area contributed by atoms with E-state index in [4.69, 9.17) is 4.74 Å². The highest BCUT2D eigenvalue weighted by Crippen LogP contribution is 2.20. The first-order chi connectivity index (χ1) is 10.8. The molecule has 0 aliphatic carbocycles. The Balaban J connectivity index is 1.83. The summed E-state index contributed by atoms with van der Waals surface area (Å²) in [5.41, 5.74) is 0.918. The van der Waals surface area contributed by atoms with Crippen molar-refractivity contribution in [1.29, 1.82) is 0 Å². The Morgan fingerprint density at radius 1 is 1.26 bits per heavy atom. The molecule has 1 saturated heterocycles. The Kier molecular flexibility index (Phi) is 6.13. The van der Waals surface area contributed by atoms with Crippen LogP contribution in [0.2, 0.25) is 0 Å². The summed E-state index contributed by atoms with van der Waals surface area (Å²) < 4.78 is 46.4. The van der Waals surface area contributed by atoms with E-state index in [9.17, 15) is 12.8 Å². The van der Waals surface area contributed by atoms with Crippen LogP contribution in [0, 0.1) is 5.82 Å². The first-order valence-corrected chi connectivity index (χ1v) is 9.29. The minimum absolute atomic E-state index is 0.0378. The molecule has 0 unspecified atom stereocenters. The van der Waals surface area contributed by atoms with Crippen molar-refractivity contribution in [2.24, 2.45) is 0 Å². The van der Waals surface area contributed by atoms with E-state index in [1.165, 1.54) is 20.7 Å². The largest absolute Gasteiger partial charge is 0.373 e. The van der Waals surface area contributed by atoms with Crippen LogP contribution in [0.1, 0.15) is 32.3 Å². The molecule has 0 bridgehead atoms. The first kappa shape index (κ1) is 18.3. The maximum absolute atomic E-state index is 12.9. The number of rotatable bonds is 6. The van der Waals surface area contributed by atoms with Gasteiger partial charge in [-0.1, -0.05) is 12.1 Å². The molecule has 1 aliphatic heterocycles. The van der Waals surface area contributed by atoms with Crippen molar-refractivity contribution in [1.82, 2.24) is 8.61 Å². The number of piperidine rings is 1. The van der Waals surface area contributed by atoms with Gasteiger partial charge in [-0.25, -0.2) is 4.39 Å². The minimum atomic E-state index is -3.39. The van der Waals surface area contributed by atoms with Gasteiger partial charge in [0.2, 0.25) is 0 Å². The van der Waals surface area contributed by atoms with Gasteiger partial charge in [-0.05, 0) is 44.4 Å². The van der Waals surface area contributed by atoms with Crippen molar-refractivity contribution in [2.45, 2.75) is 45.4 Å². The van der Waals surface area contributed by atoms with Gasteiger partial charge in [0.05, 0.1) is 12.7 Å². The standard InChI is InChI=1S/C16H25FN2O3S/c1-13(2)18(3)23(20,21)19-10-8-16(9-11-19)22-12-14-4-6-15(17)7-5-14/h4-7,13,16H,8-12H2,1-3H3. The number of hydrogen-bond donors (Lipinski definition) is 0. The van der Waals surface area contributed by atoms with E-state index in [2.05, 4.69) is 0 Å². The van der Waals surface area contributed by atoms with Crippen LogP contribution in [0.5, 0.6) is 0 Å². The van der Waals surface area contributed by atoms with Crippen molar-refractivity contribution in [2.75, 3.05) is 20.1 Å². The monoisotopic (exact) mass is 344 g/mol. The van der Waals surface area contributed by atoms with Crippen molar-refractivity contribution < 1.29 is 17.5 Å². The molecular weight excluding hydrogens is 319 g/mol. The van der Waals surface area contributed by atoms with Gasteiger partial charge in [-0.3, -0.25) is 0 Å². The molecule has 1 aliphatic rings. The zero-order valence-electron chi connectivity index (χ0n) is 13.9. The number of halogens is 1. The van der Waals surface area contributed by atoms with E-state index < -0.39 is 10.2 Å². The quantitative estimate of drug-likeness (QED) is 0.796. The molecule has 0 radical (unpaired) electrons. The molecule has 2 rings (SSSR count). The predicted molar refractivity (Wildman–Crippen MR) is 87.6 cm³/mol. The maximum atomic E-state index is 12.9. The van der Waals surface area contributed by atoms with Crippen LogP contribution < -0.4 is 0 Å². The average Bonchev–Trinajstić information content (AvgIpc) is 2.54. The minimum Gasteiger partial charge on any atom is -0.373 e. The lowest BCUT2D eigenvalue weighted by molar-refractivity contribution is 0.00943. The molecule has 0 amide bonds. The van der Waals surface area contributed by atoms with Crippen molar-refractivity contribution >= 4 is 10.2 Å². The third-order valence-corrected chi connectivity index (χ3v) is 6.38. The summed E-state index contributed by atoms with van der Waals surface area (Å²) in [6, 6.07) is 6.16. The molecule has 1 heterocycles. The summed E-state index contributed by atoms with van der Waals surface area (Å²) >= 11 is 0. The fourth-order valence-corrected chi connectivity index (χ4v) is 4.04. The number of hydrogen-bond acceptors (Lipinski definition) is 3. The van der Waals surface area contributed by atoms with Gasteiger partial charge in [0.25, 0.3) is 10.2 Å². The topological polar surface area (TPSA) is 49.9 Å². The van der Waals surface area contributed by atoms with Crippen molar-refractivity contribution in [3.8, 4) is 0 Å². The summed E-state index contributed by atoms with van der Waals surface area (Å²) in [6.45, 7) is 5.07. The SMILES string of the molecule is CC(C)N(C)S(=O)(=O)N1CCC(OCc2ccc(F)cc2)CC1. The molecule has 0 atom stereocenters. The van der Waals surface area contributed by atoms with E-state index >= 15 is 0 Å². The van der Waals surface area contributed by atoms with E-state index in [0.717, 1.165) is 5.56 Å². The van der Waals surface area contributed by atoms with Gasteiger partial charge in [-0.15, -0.1) is 0 Å². The summed E-state index contributed by atoms with van der Waals surface area (Å²) in [4.78, 5) is 0. The Morgan fingerprint density at radius 3 is 2.35 bits per heavy atom. The Labute approximate surface area is 138 Å². The molecule has 1 aromatic carbocycles. The third kappa shape index (κ3) is 4.73. The summed E-state index contributed by atoms with van der Waals surface area (Å²) in [6.07, 6.45) is 1.38. The Bertz CT molecular complexity index is 596. The zero-order chi connectivity index (χ0) is 17.0. The smallest absolute Gasteiger partial charge is 0.281 e. The molecule has 23 heavy (non-hydrogen) atoms. The number of benzene rings is 1. The lowest BCUT2D eigenvalue weighted by Gasteiger charge is -2.34. The Morgan fingerprint density at radius 2 is 1.83 bits per heavy atom. The summed E-state index contributed by atoms with van der Waals surface area (Å²) in [5, 5.41) is 0. The van der Waals surface area contributed by atoms with E-state index in [-0.39, 0.29) is 18.0 Å². The molecule has 130 valence electrons. The van der Waals surface area contributed by atoms with Crippen LogP contribution in [0.3, 0.4) is 0 Å². The predicted octanol–water partition coefficient (Wildman–Crippen LogP) is 2.39. The highest BCUT2D eigenvalue weighted by Gasteiger charge is 2.32. The molecule has 0 saturated carbocycles. The molecule has 1 fully saturated rings. The first-order valence-electron chi connectivity index (χ1n) is 7.90. The van der Waals surface area contributed by atoms with Crippen LogP contribution in [-0.4, -0.2) is 49.3 Å². The normalized spacial score (nSPS) is 18.0. The van der Waals surface area contributed by atoms with Crippen LogP contribution in [-0.2, 0) is 21.6 Å². The lowest BCUT2D eigenvalue weighted by Crippen LogP contribution is -2.48. The second-order valence-electron chi connectivity index (χ2n) is 6.15. The van der Waals surface area contributed by atoms with Crippen molar-refractivity contribution in [3.63, 3.8) is 0 Å². The highest BCUT2D eigenvalue weighted by atomic mass is 32.2.